The van der Waals surface area contributed by atoms with E-state index >= 15 is 0 Å². The fraction of sp³-hybridized carbons (Fsp3) is 0.733. The number of aliphatic hydroxyl groups excluding tert-OH is 21. The number of hydrogen-bond donors (Lipinski definition) is 26. The van der Waals surface area contributed by atoms with E-state index < -0.39 is 159 Å². The number of hydrogen-bond acceptors (Lipinski definition) is 29. The average molecular weight is 959 g/mol. The van der Waals surface area contributed by atoms with Gasteiger partial charge in [0.05, 0.1) is 12.7 Å². The highest BCUT2D eigenvalue weighted by atomic mass is 16.5. The van der Waals surface area contributed by atoms with Gasteiger partial charge >= 0.3 is 29.8 Å². The fourth-order valence-corrected chi connectivity index (χ4v) is 3.13. The molecule has 20 atom stereocenters. The lowest BCUT2D eigenvalue weighted by atomic mass is 10.0. The van der Waals surface area contributed by atoms with Gasteiger partial charge in [-0.2, -0.15) is 0 Å². The van der Waals surface area contributed by atoms with E-state index in [0.717, 1.165) is 0 Å². The van der Waals surface area contributed by atoms with Crippen LogP contribution < -0.4 is 0 Å². The molecule has 0 amide bonds. The molecule has 0 aromatic heterocycles. The maximum absolute atomic E-state index is 10.1. The summed E-state index contributed by atoms with van der Waals surface area (Å²) in [6.07, 6.45) is -39.8. The van der Waals surface area contributed by atoms with Gasteiger partial charge in [0, 0.05) is 0 Å². The van der Waals surface area contributed by atoms with Crippen molar-refractivity contribution in [2.75, 3.05) is 6.61 Å². The second-order valence-corrected chi connectivity index (χ2v) is 12.2. The van der Waals surface area contributed by atoms with Gasteiger partial charge in [-0.15, -0.1) is 0 Å². The molecular formula is C30H54O34. The van der Waals surface area contributed by atoms with Crippen molar-refractivity contribution in [1.29, 1.82) is 0 Å². The summed E-state index contributed by atoms with van der Waals surface area (Å²) in [6, 6.07) is 0. The van der Waals surface area contributed by atoms with Crippen LogP contribution in [0, 0.1) is 0 Å². The Morgan fingerprint density at radius 3 is 0.656 bits per heavy atom. The summed E-state index contributed by atoms with van der Waals surface area (Å²) in [4.78, 5) is 80.1. The first-order valence-corrected chi connectivity index (χ1v) is 16.8. The Morgan fingerprint density at radius 2 is 0.500 bits per heavy atom. The summed E-state index contributed by atoms with van der Waals surface area (Å²) in [5.41, 5.74) is 0. The lowest BCUT2D eigenvalue weighted by molar-refractivity contribution is -0.172. The van der Waals surface area contributed by atoms with E-state index in [1.165, 1.54) is 6.92 Å². The van der Waals surface area contributed by atoms with Crippen molar-refractivity contribution in [3.63, 3.8) is 0 Å². The average Bonchev–Trinajstić information content (AvgIpc) is 3.26. The van der Waals surface area contributed by atoms with E-state index in [-0.39, 0.29) is 18.9 Å². The van der Waals surface area contributed by atoms with Gasteiger partial charge in [0.15, 0.2) is 49.4 Å². The van der Waals surface area contributed by atoms with Crippen LogP contribution >= 0.6 is 0 Å². The van der Waals surface area contributed by atoms with Crippen LogP contribution in [0.15, 0.2) is 0 Å². The summed E-state index contributed by atoms with van der Waals surface area (Å²) in [5.74, 6) is -8.92. The lowest BCUT2D eigenvalue weighted by Crippen LogP contribution is -2.49. The number of carbonyl (C=O) groups is 8. The van der Waals surface area contributed by atoms with E-state index in [1.807, 2.05) is 0 Å². The van der Waals surface area contributed by atoms with E-state index in [9.17, 15) is 38.4 Å². The number of aliphatic carboxylic acids is 5. The number of carbonyl (C=O) groups excluding carboxylic acids is 3. The number of rotatable bonds is 24. The smallest absolute Gasteiger partial charge is 0.335 e. The first-order valence-electron chi connectivity index (χ1n) is 16.8. The lowest BCUT2D eigenvalue weighted by Gasteiger charge is -2.23. The van der Waals surface area contributed by atoms with Crippen molar-refractivity contribution < 1.29 is 171 Å². The summed E-state index contributed by atoms with van der Waals surface area (Å²) in [5, 5.41) is 225. The molecule has 0 bridgehead atoms. The van der Waals surface area contributed by atoms with Crippen LogP contribution in [0.3, 0.4) is 0 Å². The molecule has 0 aliphatic carbocycles. The molecule has 0 aliphatic rings. The molecule has 0 aromatic rings. The first kappa shape index (κ1) is 68.6. The number of carboxylic acids is 5. The van der Waals surface area contributed by atoms with Crippen molar-refractivity contribution in [3.05, 3.63) is 0 Å². The third kappa shape index (κ3) is 26.3. The molecule has 64 heavy (non-hydrogen) atoms. The molecule has 0 rings (SSSR count). The topological polar surface area (TPSA) is 663 Å². The Morgan fingerprint density at radius 1 is 0.328 bits per heavy atom. The predicted octanol–water partition coefficient (Wildman–Crippen LogP) is -15.8. The van der Waals surface area contributed by atoms with Crippen molar-refractivity contribution in [2.45, 2.75) is 129 Å². The quantitative estimate of drug-likeness (QED) is 0.0399. The minimum Gasteiger partial charge on any atom is -0.479 e. The summed E-state index contributed by atoms with van der Waals surface area (Å²) in [6.45, 7) is 0.399. The molecule has 26 N–H and O–H groups in total. The molecule has 0 aromatic carbocycles. The summed E-state index contributed by atoms with van der Waals surface area (Å²) < 4.78 is 0. The maximum Gasteiger partial charge on any atom is 0.335 e. The molecule has 0 aliphatic heterocycles. The standard InChI is InChI=1S/C6H10O8.C6H12O7.2C6H10O7.C6H12O5/c7-1(3(9)5(11)12)2(8)4(10)6(13)14;3*7-1-2(8)3(9)4(10)5(11)6(12)13;1-3(8)5(10)6(11)4(9)2-7/h1-4,7-10H,(H,11,12)(H,13,14);2-5,7-11H,1H2,(H,12,13);2*1-5,8-11H,(H,12,13);2-6,8-11H,1H3/t1-,2-,3-,4+;2-,3-,4+,5-;2-,3+,4-,5-;2-,3-,4+,5-;3-,4+,5-,6-/m01011/s1. The Kier molecular flexibility index (Phi) is 37.4. The minimum absolute atomic E-state index is 0.0809. The van der Waals surface area contributed by atoms with E-state index in [1.54, 1.807) is 0 Å². The highest BCUT2D eigenvalue weighted by molar-refractivity contribution is 5.75. The molecule has 0 saturated carbocycles. The molecule has 0 radical (unpaired) electrons. The van der Waals surface area contributed by atoms with Gasteiger partial charge in [-0.05, 0) is 6.92 Å². The third-order valence-corrected chi connectivity index (χ3v) is 7.18. The van der Waals surface area contributed by atoms with Crippen LogP contribution in [0.1, 0.15) is 6.92 Å². The van der Waals surface area contributed by atoms with Crippen LogP contribution in [-0.2, 0) is 38.4 Å². The molecule has 0 saturated heterocycles. The highest BCUT2D eigenvalue weighted by Crippen LogP contribution is 2.08. The molecule has 378 valence electrons. The second-order valence-electron chi connectivity index (χ2n) is 12.2. The monoisotopic (exact) mass is 958 g/mol. The van der Waals surface area contributed by atoms with Gasteiger partial charge < -0.3 is 147 Å². The Labute approximate surface area is 355 Å². The van der Waals surface area contributed by atoms with Gasteiger partial charge in [0.2, 0.25) is 0 Å². The first-order chi connectivity index (χ1) is 29.0. The molecule has 0 unspecified atom stereocenters. The SMILES string of the molecule is C[C@@H](O)[C@@H](O)[C@H](O)[C@@H](O)C=O.O=C(O)[C@@H](O)[C@@H](O)[C@H](O)[C@@H](O)C(=O)O.O=C(O)[C@H](O)[C@@H](O)[C@H](O)[C@H](O)CO.O=C[C@@H](O)[C@@H](O)[C@H](O)[C@@H](O)C(=O)O.O=C[C@H](O)[C@@H](O)[C@H](O)[C@H](O)C(=O)O. The van der Waals surface area contributed by atoms with Gasteiger partial charge in [0.1, 0.15) is 85.5 Å². The number of aldehydes is 3. The van der Waals surface area contributed by atoms with Gasteiger partial charge in [-0.3, -0.25) is 0 Å². The van der Waals surface area contributed by atoms with Crippen LogP contribution in [-0.4, -0.2) is 310 Å². The zero-order chi connectivity index (χ0) is 52.3. The zero-order valence-corrected chi connectivity index (χ0v) is 32.4. The third-order valence-electron chi connectivity index (χ3n) is 7.18. The highest BCUT2D eigenvalue weighted by Gasteiger charge is 2.38. The van der Waals surface area contributed by atoms with Gasteiger partial charge in [-0.1, -0.05) is 0 Å². The predicted molar refractivity (Wildman–Crippen MR) is 189 cm³/mol. The zero-order valence-electron chi connectivity index (χ0n) is 32.4. The maximum atomic E-state index is 10.1. The van der Waals surface area contributed by atoms with E-state index in [0.29, 0.717) is 0 Å². The Balaban J connectivity index is -0.000000227. The number of aliphatic hydroxyl groups is 21. The second kappa shape index (κ2) is 34.9. The van der Waals surface area contributed by atoms with Gasteiger partial charge in [0.25, 0.3) is 0 Å². The molecule has 0 spiro atoms. The fourth-order valence-electron chi connectivity index (χ4n) is 3.13. The van der Waals surface area contributed by atoms with Crippen molar-refractivity contribution in [1.82, 2.24) is 0 Å². The van der Waals surface area contributed by atoms with Crippen molar-refractivity contribution in [3.8, 4) is 0 Å². The molecule has 34 nitrogen and oxygen atoms in total. The summed E-state index contributed by atoms with van der Waals surface area (Å²) >= 11 is 0. The largest absolute Gasteiger partial charge is 0.479 e. The van der Waals surface area contributed by atoms with Crippen LogP contribution in [0.5, 0.6) is 0 Å². The summed E-state index contributed by atoms with van der Waals surface area (Å²) in [7, 11) is 0. The van der Waals surface area contributed by atoms with Crippen LogP contribution in [0.2, 0.25) is 0 Å². The number of carboxylic acid groups (broad SMARTS) is 5. The minimum atomic E-state index is -2.36. The van der Waals surface area contributed by atoms with E-state index in [4.69, 9.17) is 133 Å². The van der Waals surface area contributed by atoms with Crippen LogP contribution in [0.25, 0.3) is 0 Å². The normalized spacial score (nSPS) is 20.3. The van der Waals surface area contributed by atoms with Crippen molar-refractivity contribution in [2.24, 2.45) is 0 Å². The van der Waals surface area contributed by atoms with Gasteiger partial charge in [-0.25, -0.2) is 24.0 Å². The molecule has 34 heteroatoms. The van der Waals surface area contributed by atoms with Crippen molar-refractivity contribution >= 4 is 48.7 Å². The van der Waals surface area contributed by atoms with Crippen LogP contribution in [0.4, 0.5) is 0 Å². The molecular weight excluding hydrogens is 904 g/mol. The Bertz CT molecular complexity index is 1300. The molecule has 0 heterocycles. The van der Waals surface area contributed by atoms with E-state index in [2.05, 4.69) is 0 Å². The Hall–Kier alpha value is -4.48. The molecule has 0 fully saturated rings.